The SMILES string of the molecule is COc1ccc(-c2ccc(/C=C/c3n[nH]nc3C(=O)O)cc2)cc1. The molecule has 0 saturated heterocycles. The second kappa shape index (κ2) is 6.78. The lowest BCUT2D eigenvalue weighted by Gasteiger charge is -2.04. The van der Waals surface area contributed by atoms with Gasteiger partial charge in [-0.15, -0.1) is 5.10 Å². The van der Waals surface area contributed by atoms with Crippen LogP contribution in [0.3, 0.4) is 0 Å². The molecule has 2 N–H and O–H groups in total. The number of H-pyrrole nitrogens is 1. The molecule has 0 spiro atoms. The lowest BCUT2D eigenvalue weighted by Crippen LogP contribution is -1.98. The minimum Gasteiger partial charge on any atom is -0.497 e. The second-order valence-corrected chi connectivity index (χ2v) is 5.05. The van der Waals surface area contributed by atoms with Gasteiger partial charge in [-0.2, -0.15) is 10.3 Å². The van der Waals surface area contributed by atoms with Crippen LogP contribution in [0.1, 0.15) is 21.7 Å². The highest BCUT2D eigenvalue weighted by Crippen LogP contribution is 2.23. The predicted octanol–water partition coefficient (Wildman–Crippen LogP) is 3.35. The van der Waals surface area contributed by atoms with Gasteiger partial charge in [0.1, 0.15) is 11.4 Å². The lowest BCUT2D eigenvalue weighted by molar-refractivity contribution is 0.0690. The monoisotopic (exact) mass is 321 g/mol. The van der Waals surface area contributed by atoms with E-state index < -0.39 is 5.97 Å². The van der Waals surface area contributed by atoms with Crippen molar-refractivity contribution in [2.45, 2.75) is 0 Å². The number of nitrogens with zero attached hydrogens (tertiary/aromatic N) is 2. The first-order chi connectivity index (χ1) is 11.7. The van der Waals surface area contributed by atoms with E-state index in [2.05, 4.69) is 15.4 Å². The Hall–Kier alpha value is -3.41. The molecule has 0 radical (unpaired) electrons. The first kappa shape index (κ1) is 15.5. The number of aromatic amines is 1. The summed E-state index contributed by atoms with van der Waals surface area (Å²) in [4.78, 5) is 11.0. The molecule has 6 nitrogen and oxygen atoms in total. The first-order valence-corrected chi connectivity index (χ1v) is 7.24. The van der Waals surface area contributed by atoms with Gasteiger partial charge in [0.25, 0.3) is 0 Å². The summed E-state index contributed by atoms with van der Waals surface area (Å²) in [5.41, 5.74) is 3.31. The number of nitrogens with one attached hydrogen (secondary N) is 1. The second-order valence-electron chi connectivity index (χ2n) is 5.05. The maximum absolute atomic E-state index is 11.0. The van der Waals surface area contributed by atoms with Crippen LogP contribution in [-0.4, -0.2) is 33.6 Å². The van der Waals surface area contributed by atoms with Gasteiger partial charge in [-0.05, 0) is 34.9 Å². The molecule has 0 fully saturated rings. The van der Waals surface area contributed by atoms with E-state index in [0.29, 0.717) is 5.69 Å². The van der Waals surface area contributed by atoms with Crippen LogP contribution in [0.2, 0.25) is 0 Å². The third kappa shape index (κ3) is 3.33. The topological polar surface area (TPSA) is 88.1 Å². The molecule has 6 heteroatoms. The Labute approximate surface area is 138 Å². The van der Waals surface area contributed by atoms with Crippen LogP contribution in [0.5, 0.6) is 5.75 Å². The van der Waals surface area contributed by atoms with Crippen molar-refractivity contribution in [2.75, 3.05) is 7.11 Å². The van der Waals surface area contributed by atoms with Crippen LogP contribution in [-0.2, 0) is 0 Å². The molecular weight excluding hydrogens is 306 g/mol. The number of carboxylic acid groups (broad SMARTS) is 1. The average molecular weight is 321 g/mol. The fourth-order valence-corrected chi connectivity index (χ4v) is 2.26. The minimum absolute atomic E-state index is 0.0962. The maximum Gasteiger partial charge on any atom is 0.358 e. The number of aromatic nitrogens is 3. The Bertz CT molecular complexity index is 865. The molecule has 0 bridgehead atoms. The summed E-state index contributed by atoms with van der Waals surface area (Å²) >= 11 is 0. The molecule has 0 aliphatic carbocycles. The van der Waals surface area contributed by atoms with Crippen molar-refractivity contribution < 1.29 is 14.6 Å². The molecule has 1 heterocycles. The summed E-state index contributed by atoms with van der Waals surface area (Å²) in [5.74, 6) is -0.293. The van der Waals surface area contributed by atoms with Crippen LogP contribution >= 0.6 is 0 Å². The molecule has 0 aliphatic heterocycles. The van der Waals surface area contributed by atoms with Gasteiger partial charge in [0, 0.05) is 0 Å². The summed E-state index contributed by atoms with van der Waals surface area (Å²) in [6.45, 7) is 0. The van der Waals surface area contributed by atoms with Gasteiger partial charge < -0.3 is 9.84 Å². The Morgan fingerprint density at radius 3 is 2.21 bits per heavy atom. The Morgan fingerprint density at radius 1 is 1.00 bits per heavy atom. The van der Waals surface area contributed by atoms with Gasteiger partial charge in [-0.3, -0.25) is 0 Å². The Balaban J connectivity index is 1.77. The number of aromatic carboxylic acids is 1. The number of methoxy groups -OCH3 is 1. The van der Waals surface area contributed by atoms with Crippen molar-refractivity contribution >= 4 is 18.1 Å². The fourth-order valence-electron chi connectivity index (χ4n) is 2.26. The van der Waals surface area contributed by atoms with Gasteiger partial charge >= 0.3 is 5.97 Å². The standard InChI is InChI=1S/C18H15N3O3/c1-24-15-9-7-14(8-10-15)13-5-2-12(3-6-13)4-11-16-17(18(22)23)20-21-19-16/h2-11H,1H3,(H,22,23)(H,19,20,21)/b11-4+. The zero-order valence-electron chi connectivity index (χ0n) is 12.9. The highest BCUT2D eigenvalue weighted by atomic mass is 16.5. The zero-order chi connectivity index (χ0) is 16.9. The van der Waals surface area contributed by atoms with Crippen molar-refractivity contribution in [3.8, 4) is 16.9 Å². The molecule has 0 saturated carbocycles. The van der Waals surface area contributed by atoms with Gasteiger partial charge in [0.15, 0.2) is 5.69 Å². The highest BCUT2D eigenvalue weighted by molar-refractivity contribution is 5.90. The van der Waals surface area contributed by atoms with E-state index >= 15 is 0 Å². The Morgan fingerprint density at radius 2 is 1.62 bits per heavy atom. The minimum atomic E-state index is -1.11. The number of ether oxygens (including phenoxy) is 1. The van der Waals surface area contributed by atoms with Gasteiger partial charge in [-0.25, -0.2) is 4.79 Å². The Kier molecular flexibility index (Phi) is 4.38. The van der Waals surface area contributed by atoms with E-state index in [1.165, 1.54) is 0 Å². The van der Waals surface area contributed by atoms with E-state index in [0.717, 1.165) is 22.4 Å². The number of hydrogen-bond donors (Lipinski definition) is 2. The zero-order valence-corrected chi connectivity index (χ0v) is 12.9. The molecule has 0 amide bonds. The largest absolute Gasteiger partial charge is 0.497 e. The molecule has 24 heavy (non-hydrogen) atoms. The van der Waals surface area contributed by atoms with E-state index in [4.69, 9.17) is 9.84 Å². The maximum atomic E-state index is 11.0. The third-order valence-electron chi connectivity index (χ3n) is 3.55. The van der Waals surface area contributed by atoms with Crippen LogP contribution in [0.25, 0.3) is 23.3 Å². The normalized spacial score (nSPS) is 10.9. The molecule has 0 atom stereocenters. The number of hydrogen-bond acceptors (Lipinski definition) is 4. The number of carboxylic acids is 1. The van der Waals surface area contributed by atoms with Crippen molar-refractivity contribution in [1.82, 2.24) is 15.4 Å². The van der Waals surface area contributed by atoms with Gasteiger partial charge in [-0.1, -0.05) is 42.5 Å². The third-order valence-corrected chi connectivity index (χ3v) is 3.55. The van der Waals surface area contributed by atoms with Crippen LogP contribution in [0.15, 0.2) is 48.5 Å². The summed E-state index contributed by atoms with van der Waals surface area (Å²) in [7, 11) is 1.64. The van der Waals surface area contributed by atoms with E-state index in [-0.39, 0.29) is 5.69 Å². The molecule has 120 valence electrons. The molecule has 3 aromatic rings. The lowest BCUT2D eigenvalue weighted by atomic mass is 10.0. The molecule has 1 aromatic heterocycles. The smallest absolute Gasteiger partial charge is 0.358 e. The van der Waals surface area contributed by atoms with Crippen molar-refractivity contribution in [1.29, 1.82) is 0 Å². The van der Waals surface area contributed by atoms with E-state index in [1.54, 1.807) is 19.3 Å². The molecule has 2 aromatic carbocycles. The van der Waals surface area contributed by atoms with Crippen LogP contribution in [0.4, 0.5) is 0 Å². The van der Waals surface area contributed by atoms with Crippen LogP contribution < -0.4 is 4.74 Å². The molecule has 0 unspecified atom stereocenters. The molecule has 0 aliphatic rings. The van der Waals surface area contributed by atoms with Crippen molar-refractivity contribution in [2.24, 2.45) is 0 Å². The summed E-state index contributed by atoms with van der Waals surface area (Å²) < 4.78 is 5.15. The first-order valence-electron chi connectivity index (χ1n) is 7.24. The summed E-state index contributed by atoms with van der Waals surface area (Å²) in [5, 5.41) is 18.7. The van der Waals surface area contributed by atoms with Crippen molar-refractivity contribution in [3.05, 3.63) is 65.5 Å². The van der Waals surface area contributed by atoms with E-state index in [9.17, 15) is 4.79 Å². The van der Waals surface area contributed by atoms with Gasteiger partial charge in [0.2, 0.25) is 0 Å². The quantitative estimate of drug-likeness (QED) is 0.752. The molecule has 3 rings (SSSR count). The number of benzene rings is 2. The highest BCUT2D eigenvalue weighted by Gasteiger charge is 2.12. The summed E-state index contributed by atoms with van der Waals surface area (Å²) in [6.07, 6.45) is 3.41. The van der Waals surface area contributed by atoms with Crippen molar-refractivity contribution in [3.63, 3.8) is 0 Å². The number of carbonyl (C=O) groups is 1. The summed E-state index contributed by atoms with van der Waals surface area (Å²) in [6, 6.07) is 15.7. The number of rotatable bonds is 5. The fraction of sp³-hybridized carbons (Fsp3) is 0.0556. The molecular formula is C18H15N3O3. The predicted molar refractivity (Wildman–Crippen MR) is 90.7 cm³/mol. The van der Waals surface area contributed by atoms with Gasteiger partial charge in [0.05, 0.1) is 7.11 Å². The van der Waals surface area contributed by atoms with Crippen LogP contribution in [0, 0.1) is 0 Å². The average Bonchev–Trinajstić information content (AvgIpc) is 3.09. The van der Waals surface area contributed by atoms with E-state index in [1.807, 2.05) is 48.5 Å².